The molecule has 1 atom stereocenters. The van der Waals surface area contributed by atoms with Gasteiger partial charge in [0, 0.05) is 25.2 Å². The van der Waals surface area contributed by atoms with Crippen LogP contribution in [0.4, 0.5) is 11.8 Å². The van der Waals surface area contributed by atoms with Crippen LogP contribution in [0.1, 0.15) is 12.8 Å². The molecule has 8 heteroatoms. The molecule has 0 saturated carbocycles. The maximum Gasteiger partial charge on any atom is 0.239 e. The predicted molar refractivity (Wildman–Crippen MR) is 67.2 cm³/mol. The summed E-state index contributed by atoms with van der Waals surface area (Å²) in [4.78, 5) is 19.2. The van der Waals surface area contributed by atoms with Crippen molar-refractivity contribution < 1.29 is 4.79 Å². The van der Waals surface area contributed by atoms with Crippen molar-refractivity contribution in [1.29, 1.82) is 0 Å². The summed E-state index contributed by atoms with van der Waals surface area (Å²) in [5.74, 6) is 6.34. The minimum absolute atomic E-state index is 0.0918. The molecule has 92 valence electrons. The molecule has 1 aromatic rings. The molecule has 0 radical (unpaired) electrons. The van der Waals surface area contributed by atoms with E-state index in [0.29, 0.717) is 24.7 Å². The van der Waals surface area contributed by atoms with Crippen molar-refractivity contribution in [3.8, 4) is 0 Å². The number of hydrazine groups is 1. The van der Waals surface area contributed by atoms with Crippen molar-refractivity contribution in [1.82, 2.24) is 15.3 Å². The number of carbonyl (C=O) groups excluding carboxylic acids is 1. The molecule has 0 bridgehead atoms. The molecule has 17 heavy (non-hydrogen) atoms. The zero-order valence-corrected chi connectivity index (χ0v) is 10.6. The molecule has 5 N–H and O–H groups in total. The van der Waals surface area contributed by atoms with Gasteiger partial charge in [-0.15, -0.1) is 0 Å². The SMILES string of the molecule is NNc1ncc(Br)c(NC2CCC(=O)NC2)n1. The summed E-state index contributed by atoms with van der Waals surface area (Å²) >= 11 is 3.35. The molecule has 1 saturated heterocycles. The average Bonchev–Trinajstić information content (AvgIpc) is 2.35. The van der Waals surface area contributed by atoms with Crippen molar-refractivity contribution in [2.24, 2.45) is 5.84 Å². The van der Waals surface area contributed by atoms with Gasteiger partial charge in [0.2, 0.25) is 11.9 Å². The average molecular weight is 301 g/mol. The second kappa shape index (κ2) is 5.28. The number of piperidine rings is 1. The summed E-state index contributed by atoms with van der Waals surface area (Å²) in [6.07, 6.45) is 2.93. The number of nitrogens with zero attached hydrogens (tertiary/aromatic N) is 2. The van der Waals surface area contributed by atoms with E-state index < -0.39 is 0 Å². The van der Waals surface area contributed by atoms with Gasteiger partial charge in [0.05, 0.1) is 4.47 Å². The van der Waals surface area contributed by atoms with Crippen LogP contribution in [-0.4, -0.2) is 28.5 Å². The molecule has 0 aromatic carbocycles. The molecule has 1 amide bonds. The summed E-state index contributed by atoms with van der Waals surface area (Å²) in [5, 5.41) is 6.04. The monoisotopic (exact) mass is 300 g/mol. The summed E-state index contributed by atoms with van der Waals surface area (Å²) in [5.41, 5.74) is 2.39. The van der Waals surface area contributed by atoms with Crippen LogP contribution in [0.5, 0.6) is 0 Å². The topological polar surface area (TPSA) is 105 Å². The van der Waals surface area contributed by atoms with Crippen LogP contribution in [0.2, 0.25) is 0 Å². The number of rotatable bonds is 3. The van der Waals surface area contributed by atoms with Gasteiger partial charge in [0.1, 0.15) is 5.82 Å². The van der Waals surface area contributed by atoms with E-state index in [1.165, 1.54) is 0 Å². The quantitative estimate of drug-likeness (QED) is 0.470. The van der Waals surface area contributed by atoms with E-state index in [-0.39, 0.29) is 11.9 Å². The largest absolute Gasteiger partial charge is 0.364 e. The number of aromatic nitrogens is 2. The van der Waals surface area contributed by atoms with Crippen LogP contribution in [0.3, 0.4) is 0 Å². The molecule has 2 rings (SSSR count). The number of anilines is 2. The first-order valence-electron chi connectivity index (χ1n) is 5.21. The molecule has 0 spiro atoms. The van der Waals surface area contributed by atoms with E-state index in [0.717, 1.165) is 10.9 Å². The fourth-order valence-corrected chi connectivity index (χ4v) is 1.89. The highest BCUT2D eigenvalue weighted by molar-refractivity contribution is 9.10. The highest BCUT2D eigenvalue weighted by Gasteiger charge is 2.19. The summed E-state index contributed by atoms with van der Waals surface area (Å²) in [6.45, 7) is 0.598. The van der Waals surface area contributed by atoms with Crippen molar-refractivity contribution in [3.63, 3.8) is 0 Å². The number of nitrogens with one attached hydrogen (secondary N) is 3. The van der Waals surface area contributed by atoms with Gasteiger partial charge >= 0.3 is 0 Å². The molecule has 1 aliphatic rings. The van der Waals surface area contributed by atoms with Crippen molar-refractivity contribution in [2.75, 3.05) is 17.3 Å². The van der Waals surface area contributed by atoms with Gasteiger partial charge in [0.25, 0.3) is 0 Å². The highest BCUT2D eigenvalue weighted by atomic mass is 79.9. The Hall–Kier alpha value is -1.41. The standard InChI is InChI=1S/C9H13BrN6O/c10-6-4-13-9(16-11)15-8(6)14-5-1-2-7(17)12-3-5/h4-5H,1-3,11H2,(H,12,17)(H2,13,14,15,16). The number of nitrogens with two attached hydrogens (primary N) is 1. The minimum atomic E-state index is 0.0918. The Labute approximate surface area is 107 Å². The van der Waals surface area contributed by atoms with Crippen LogP contribution in [0.15, 0.2) is 10.7 Å². The van der Waals surface area contributed by atoms with Crippen LogP contribution >= 0.6 is 15.9 Å². The molecule has 2 heterocycles. The third kappa shape index (κ3) is 3.04. The number of amides is 1. The fraction of sp³-hybridized carbons (Fsp3) is 0.444. The lowest BCUT2D eigenvalue weighted by Gasteiger charge is -2.24. The van der Waals surface area contributed by atoms with Gasteiger partial charge < -0.3 is 10.6 Å². The lowest BCUT2D eigenvalue weighted by Crippen LogP contribution is -2.42. The number of carbonyl (C=O) groups is 1. The van der Waals surface area contributed by atoms with E-state index in [4.69, 9.17) is 5.84 Å². The Balaban J connectivity index is 2.04. The fourth-order valence-electron chi connectivity index (χ4n) is 1.59. The van der Waals surface area contributed by atoms with Crippen molar-refractivity contribution >= 4 is 33.6 Å². The second-order valence-corrected chi connectivity index (χ2v) is 4.57. The zero-order chi connectivity index (χ0) is 12.3. The van der Waals surface area contributed by atoms with Crippen LogP contribution in [-0.2, 0) is 4.79 Å². The van der Waals surface area contributed by atoms with Gasteiger partial charge in [-0.25, -0.2) is 10.8 Å². The lowest BCUT2D eigenvalue weighted by molar-refractivity contribution is -0.122. The number of nitrogen functional groups attached to an aromatic ring is 1. The highest BCUT2D eigenvalue weighted by Crippen LogP contribution is 2.21. The van der Waals surface area contributed by atoms with E-state index in [1.54, 1.807) is 6.20 Å². The Morgan fingerprint density at radius 3 is 3.06 bits per heavy atom. The second-order valence-electron chi connectivity index (χ2n) is 3.72. The zero-order valence-electron chi connectivity index (χ0n) is 9.03. The predicted octanol–water partition coefficient (Wildman–Crippen LogP) is 0.215. The van der Waals surface area contributed by atoms with E-state index in [1.807, 2.05) is 0 Å². The van der Waals surface area contributed by atoms with Gasteiger partial charge in [-0.05, 0) is 22.4 Å². The van der Waals surface area contributed by atoms with Crippen LogP contribution in [0, 0.1) is 0 Å². The maximum absolute atomic E-state index is 11.0. The molecule has 0 aliphatic carbocycles. The first kappa shape index (κ1) is 12.1. The number of halogens is 1. The van der Waals surface area contributed by atoms with Crippen molar-refractivity contribution in [2.45, 2.75) is 18.9 Å². The van der Waals surface area contributed by atoms with E-state index in [9.17, 15) is 4.79 Å². The van der Waals surface area contributed by atoms with Gasteiger partial charge in [-0.2, -0.15) is 4.98 Å². The Morgan fingerprint density at radius 1 is 1.59 bits per heavy atom. The molecule has 1 unspecified atom stereocenters. The van der Waals surface area contributed by atoms with Gasteiger partial charge in [0.15, 0.2) is 0 Å². The molecule has 1 aromatic heterocycles. The molecule has 1 aliphatic heterocycles. The van der Waals surface area contributed by atoms with Gasteiger partial charge in [-0.3, -0.25) is 10.2 Å². The molecular formula is C9H13BrN6O. The van der Waals surface area contributed by atoms with Gasteiger partial charge in [-0.1, -0.05) is 0 Å². The Bertz CT molecular complexity index is 416. The first-order chi connectivity index (χ1) is 8.19. The number of hydrogen-bond acceptors (Lipinski definition) is 6. The summed E-state index contributed by atoms with van der Waals surface area (Å²) < 4.78 is 0.758. The molecular weight excluding hydrogens is 288 g/mol. The third-order valence-corrected chi connectivity index (χ3v) is 3.06. The maximum atomic E-state index is 11.0. The minimum Gasteiger partial charge on any atom is -0.364 e. The van der Waals surface area contributed by atoms with Crippen molar-refractivity contribution in [3.05, 3.63) is 10.7 Å². The Kier molecular flexibility index (Phi) is 3.75. The lowest BCUT2D eigenvalue weighted by atomic mass is 10.1. The third-order valence-electron chi connectivity index (χ3n) is 2.48. The molecule has 1 fully saturated rings. The van der Waals surface area contributed by atoms with Crippen LogP contribution in [0.25, 0.3) is 0 Å². The number of hydrogen-bond donors (Lipinski definition) is 4. The van der Waals surface area contributed by atoms with E-state index >= 15 is 0 Å². The summed E-state index contributed by atoms with van der Waals surface area (Å²) in [7, 11) is 0. The summed E-state index contributed by atoms with van der Waals surface area (Å²) in [6, 6.07) is 0.171. The Morgan fingerprint density at radius 2 is 2.41 bits per heavy atom. The normalized spacial score (nSPS) is 19.6. The first-order valence-corrected chi connectivity index (χ1v) is 6.00. The molecule has 7 nitrogen and oxygen atoms in total. The van der Waals surface area contributed by atoms with E-state index in [2.05, 4.69) is 42.0 Å². The van der Waals surface area contributed by atoms with Crippen LogP contribution < -0.4 is 21.9 Å². The smallest absolute Gasteiger partial charge is 0.239 e.